The maximum atomic E-state index is 5.44. The SMILES string of the molecule is Cc1nccn1CCN(C)CC(N)=S. The quantitative estimate of drug-likeness (QED) is 0.718. The summed E-state index contributed by atoms with van der Waals surface area (Å²) in [5, 5.41) is 0. The van der Waals surface area contributed by atoms with Crippen LogP contribution in [0.3, 0.4) is 0 Å². The number of rotatable bonds is 5. The fourth-order valence-electron chi connectivity index (χ4n) is 1.26. The van der Waals surface area contributed by atoms with Crippen LogP contribution in [0.5, 0.6) is 0 Å². The minimum atomic E-state index is 0.537. The predicted molar refractivity (Wildman–Crippen MR) is 61.2 cm³/mol. The molecule has 5 heteroatoms. The van der Waals surface area contributed by atoms with Crippen LogP contribution < -0.4 is 5.73 Å². The first-order valence-electron chi connectivity index (χ1n) is 4.54. The van der Waals surface area contributed by atoms with Gasteiger partial charge in [0.15, 0.2) is 0 Å². The Bertz CT molecular complexity index is 308. The summed E-state index contributed by atoms with van der Waals surface area (Å²) < 4.78 is 2.11. The van der Waals surface area contributed by atoms with Crippen molar-refractivity contribution in [3.05, 3.63) is 18.2 Å². The lowest BCUT2D eigenvalue weighted by Gasteiger charge is -2.16. The molecule has 0 bridgehead atoms. The number of likely N-dealkylation sites (N-methyl/N-ethyl adjacent to an activating group) is 1. The van der Waals surface area contributed by atoms with Crippen molar-refractivity contribution in [3.63, 3.8) is 0 Å². The second-order valence-corrected chi connectivity index (χ2v) is 3.90. The van der Waals surface area contributed by atoms with E-state index < -0.39 is 0 Å². The van der Waals surface area contributed by atoms with E-state index in [-0.39, 0.29) is 0 Å². The third-order valence-electron chi connectivity index (χ3n) is 2.07. The summed E-state index contributed by atoms with van der Waals surface area (Å²) in [4.78, 5) is 6.79. The molecule has 0 saturated heterocycles. The Morgan fingerprint density at radius 2 is 2.43 bits per heavy atom. The van der Waals surface area contributed by atoms with Crippen molar-refractivity contribution in [2.45, 2.75) is 13.5 Å². The minimum Gasteiger partial charge on any atom is -0.392 e. The Balaban J connectivity index is 2.34. The summed E-state index contributed by atoms with van der Waals surface area (Å²) >= 11 is 4.83. The van der Waals surface area contributed by atoms with Crippen LogP contribution >= 0.6 is 12.2 Å². The molecule has 14 heavy (non-hydrogen) atoms. The molecule has 78 valence electrons. The number of thiocarbonyl (C=S) groups is 1. The van der Waals surface area contributed by atoms with Crippen LogP contribution in [-0.2, 0) is 6.54 Å². The Morgan fingerprint density at radius 1 is 1.71 bits per heavy atom. The summed E-state index contributed by atoms with van der Waals surface area (Å²) in [6, 6.07) is 0. The van der Waals surface area contributed by atoms with E-state index in [1.54, 1.807) is 0 Å². The van der Waals surface area contributed by atoms with Gasteiger partial charge in [-0.2, -0.15) is 0 Å². The number of hydrogen-bond acceptors (Lipinski definition) is 3. The lowest BCUT2D eigenvalue weighted by Crippen LogP contribution is -2.31. The van der Waals surface area contributed by atoms with Crippen molar-refractivity contribution in [3.8, 4) is 0 Å². The van der Waals surface area contributed by atoms with E-state index in [1.165, 1.54) is 0 Å². The fourth-order valence-corrected chi connectivity index (χ4v) is 1.48. The van der Waals surface area contributed by atoms with E-state index in [0.29, 0.717) is 11.5 Å². The molecule has 1 rings (SSSR count). The van der Waals surface area contributed by atoms with E-state index in [1.807, 2.05) is 26.4 Å². The standard InChI is InChI=1S/C9H16N4S/c1-8-11-3-4-13(8)6-5-12(2)7-9(10)14/h3-4H,5-7H2,1-2H3,(H2,10,14). The lowest BCUT2D eigenvalue weighted by molar-refractivity contribution is 0.358. The molecule has 0 saturated carbocycles. The van der Waals surface area contributed by atoms with Crippen LogP contribution in [0.25, 0.3) is 0 Å². The van der Waals surface area contributed by atoms with Crippen LogP contribution in [0.1, 0.15) is 5.82 Å². The molecule has 0 aromatic carbocycles. The van der Waals surface area contributed by atoms with E-state index >= 15 is 0 Å². The monoisotopic (exact) mass is 212 g/mol. The predicted octanol–water partition coefficient (Wildman–Crippen LogP) is 0.409. The fraction of sp³-hybridized carbons (Fsp3) is 0.556. The molecule has 0 radical (unpaired) electrons. The van der Waals surface area contributed by atoms with Gasteiger partial charge >= 0.3 is 0 Å². The highest BCUT2D eigenvalue weighted by Crippen LogP contribution is 1.95. The Morgan fingerprint density at radius 3 is 2.93 bits per heavy atom. The van der Waals surface area contributed by atoms with Crippen LogP contribution in [-0.4, -0.2) is 39.6 Å². The summed E-state index contributed by atoms with van der Waals surface area (Å²) in [7, 11) is 2.01. The molecule has 2 N–H and O–H groups in total. The number of imidazole rings is 1. The Labute approximate surface area is 89.7 Å². The van der Waals surface area contributed by atoms with Crippen molar-refractivity contribution in [1.29, 1.82) is 0 Å². The number of nitrogens with two attached hydrogens (primary N) is 1. The van der Waals surface area contributed by atoms with Crippen LogP contribution in [0.2, 0.25) is 0 Å². The molecule has 0 aliphatic carbocycles. The maximum Gasteiger partial charge on any atom is 0.105 e. The smallest absolute Gasteiger partial charge is 0.105 e. The van der Waals surface area contributed by atoms with E-state index in [4.69, 9.17) is 18.0 Å². The average Bonchev–Trinajstić information content (AvgIpc) is 2.46. The molecule has 1 aromatic heterocycles. The van der Waals surface area contributed by atoms with Crippen molar-refractivity contribution >= 4 is 17.2 Å². The molecule has 1 aromatic rings. The zero-order valence-electron chi connectivity index (χ0n) is 8.60. The molecule has 0 amide bonds. The second kappa shape index (κ2) is 5.07. The highest BCUT2D eigenvalue weighted by atomic mass is 32.1. The van der Waals surface area contributed by atoms with Gasteiger partial charge in [-0.05, 0) is 14.0 Å². The summed E-state index contributed by atoms with van der Waals surface area (Å²) in [5.74, 6) is 1.04. The molecular weight excluding hydrogens is 196 g/mol. The van der Waals surface area contributed by atoms with Crippen LogP contribution in [0.15, 0.2) is 12.4 Å². The van der Waals surface area contributed by atoms with Gasteiger partial charge in [0.25, 0.3) is 0 Å². The van der Waals surface area contributed by atoms with Crippen molar-refractivity contribution in [2.75, 3.05) is 20.1 Å². The van der Waals surface area contributed by atoms with E-state index in [2.05, 4.69) is 14.5 Å². The normalized spacial score (nSPS) is 10.8. The molecule has 0 fully saturated rings. The van der Waals surface area contributed by atoms with Gasteiger partial charge in [0, 0.05) is 32.0 Å². The van der Waals surface area contributed by atoms with Gasteiger partial charge in [-0.1, -0.05) is 12.2 Å². The van der Waals surface area contributed by atoms with Gasteiger partial charge < -0.3 is 10.3 Å². The minimum absolute atomic E-state index is 0.537. The zero-order valence-corrected chi connectivity index (χ0v) is 9.42. The number of aromatic nitrogens is 2. The Hall–Kier alpha value is -0.940. The summed E-state index contributed by atoms with van der Waals surface area (Å²) in [5.41, 5.74) is 5.44. The third-order valence-corrected chi connectivity index (χ3v) is 2.20. The molecule has 0 aliphatic rings. The topological polar surface area (TPSA) is 47.1 Å². The summed E-state index contributed by atoms with van der Waals surface area (Å²) in [6.07, 6.45) is 3.78. The molecule has 0 unspecified atom stereocenters. The van der Waals surface area contributed by atoms with Crippen LogP contribution in [0.4, 0.5) is 0 Å². The molecule has 4 nitrogen and oxygen atoms in total. The third kappa shape index (κ3) is 3.43. The number of nitrogens with zero attached hydrogens (tertiary/aromatic N) is 3. The van der Waals surface area contributed by atoms with Crippen molar-refractivity contribution in [1.82, 2.24) is 14.5 Å². The zero-order chi connectivity index (χ0) is 10.6. The highest BCUT2D eigenvalue weighted by molar-refractivity contribution is 7.80. The van der Waals surface area contributed by atoms with Gasteiger partial charge in [0.05, 0.1) is 4.99 Å². The molecular formula is C9H16N4S. The van der Waals surface area contributed by atoms with Gasteiger partial charge in [-0.3, -0.25) is 4.90 Å². The summed E-state index contributed by atoms with van der Waals surface area (Å²) in [6.45, 7) is 4.51. The Kier molecular flexibility index (Phi) is 4.03. The first kappa shape index (κ1) is 11.1. The first-order chi connectivity index (χ1) is 6.59. The van der Waals surface area contributed by atoms with Gasteiger partial charge in [0.2, 0.25) is 0 Å². The second-order valence-electron chi connectivity index (χ2n) is 3.37. The average molecular weight is 212 g/mol. The van der Waals surface area contributed by atoms with Gasteiger partial charge in [-0.15, -0.1) is 0 Å². The van der Waals surface area contributed by atoms with Crippen LogP contribution in [0, 0.1) is 6.92 Å². The van der Waals surface area contributed by atoms with E-state index in [0.717, 1.165) is 18.9 Å². The molecule has 0 aliphatic heterocycles. The largest absolute Gasteiger partial charge is 0.392 e. The number of hydrogen-bond donors (Lipinski definition) is 1. The highest BCUT2D eigenvalue weighted by Gasteiger charge is 2.01. The molecule has 1 heterocycles. The van der Waals surface area contributed by atoms with Crippen molar-refractivity contribution < 1.29 is 0 Å². The first-order valence-corrected chi connectivity index (χ1v) is 4.95. The molecule has 0 spiro atoms. The lowest BCUT2D eigenvalue weighted by atomic mass is 10.5. The molecule has 0 atom stereocenters. The number of aryl methyl sites for hydroxylation is 1. The maximum absolute atomic E-state index is 5.44. The van der Waals surface area contributed by atoms with E-state index in [9.17, 15) is 0 Å². The van der Waals surface area contributed by atoms with Gasteiger partial charge in [-0.25, -0.2) is 4.98 Å². The van der Waals surface area contributed by atoms with Crippen molar-refractivity contribution in [2.24, 2.45) is 5.73 Å². The van der Waals surface area contributed by atoms with Gasteiger partial charge in [0.1, 0.15) is 5.82 Å².